The second-order valence-electron chi connectivity index (χ2n) is 6.54. The highest BCUT2D eigenvalue weighted by Crippen LogP contribution is 2.40. The van der Waals surface area contributed by atoms with Crippen molar-refractivity contribution in [2.75, 3.05) is 6.54 Å². The van der Waals surface area contributed by atoms with Crippen molar-refractivity contribution in [3.05, 3.63) is 47.5 Å². The number of rotatable bonds is 5. The Morgan fingerprint density at radius 2 is 1.75 bits per heavy atom. The lowest BCUT2D eigenvalue weighted by Gasteiger charge is -2.34. The lowest BCUT2D eigenvalue weighted by molar-refractivity contribution is -0.124. The van der Waals surface area contributed by atoms with E-state index in [1.165, 1.54) is 26.0 Å². The lowest BCUT2D eigenvalue weighted by Crippen LogP contribution is -2.46. The number of benzene rings is 2. The molecule has 0 unspecified atom stereocenters. The Labute approximate surface area is 162 Å². The number of fused-ring (bicyclic) bond motifs is 1. The van der Waals surface area contributed by atoms with E-state index in [4.69, 9.17) is 9.47 Å². The molecule has 2 aromatic rings. The molecular formula is C20H22N2O6. The molecule has 2 amide bonds. The molecule has 0 aromatic heterocycles. The van der Waals surface area contributed by atoms with Crippen molar-refractivity contribution in [2.45, 2.75) is 32.6 Å². The Kier molecular flexibility index (Phi) is 5.58. The number of hydrogen-bond donors (Lipinski definition) is 4. The van der Waals surface area contributed by atoms with Gasteiger partial charge in [-0.2, -0.15) is 0 Å². The van der Waals surface area contributed by atoms with Gasteiger partial charge in [0, 0.05) is 26.0 Å². The Morgan fingerprint density at radius 1 is 0.964 bits per heavy atom. The second-order valence-corrected chi connectivity index (χ2v) is 6.54. The second kappa shape index (κ2) is 8.08. The predicted octanol–water partition coefficient (Wildman–Crippen LogP) is 1.75. The third kappa shape index (κ3) is 4.46. The summed E-state index contributed by atoms with van der Waals surface area (Å²) in [5.41, 5.74) is 1.48. The minimum atomic E-state index is -0.820. The summed E-state index contributed by atoms with van der Waals surface area (Å²) in [4.78, 5) is 22.6. The van der Waals surface area contributed by atoms with Crippen molar-refractivity contribution in [3.8, 4) is 23.0 Å². The fourth-order valence-electron chi connectivity index (χ4n) is 2.94. The first-order valence-electron chi connectivity index (χ1n) is 8.83. The average Bonchev–Trinajstić information content (AvgIpc) is 2.62. The van der Waals surface area contributed by atoms with Gasteiger partial charge in [0.15, 0.2) is 29.1 Å². The van der Waals surface area contributed by atoms with E-state index < -0.39 is 12.3 Å². The van der Waals surface area contributed by atoms with Gasteiger partial charge in [-0.3, -0.25) is 9.59 Å². The first kappa shape index (κ1) is 19.3. The van der Waals surface area contributed by atoms with Crippen molar-refractivity contribution in [1.29, 1.82) is 0 Å². The van der Waals surface area contributed by atoms with Gasteiger partial charge in [0.2, 0.25) is 18.0 Å². The summed E-state index contributed by atoms with van der Waals surface area (Å²) in [7, 11) is 0. The molecule has 8 nitrogen and oxygen atoms in total. The molecule has 0 aliphatic carbocycles. The number of aromatic hydroxyl groups is 2. The van der Waals surface area contributed by atoms with E-state index >= 15 is 0 Å². The summed E-state index contributed by atoms with van der Waals surface area (Å²) in [5, 5.41) is 24.7. The molecule has 1 aliphatic rings. The number of ether oxygens (including phenoxy) is 2. The molecule has 0 spiro atoms. The van der Waals surface area contributed by atoms with Crippen LogP contribution in [0.3, 0.4) is 0 Å². The smallest absolute Gasteiger partial charge is 0.219 e. The minimum Gasteiger partial charge on any atom is -0.504 e. The summed E-state index contributed by atoms with van der Waals surface area (Å²) < 4.78 is 12.0. The number of phenols is 2. The average molecular weight is 386 g/mol. The van der Waals surface area contributed by atoms with Crippen LogP contribution >= 0.6 is 0 Å². The van der Waals surface area contributed by atoms with Crippen molar-refractivity contribution in [1.82, 2.24) is 10.6 Å². The van der Waals surface area contributed by atoms with Crippen LogP contribution in [0.2, 0.25) is 0 Å². The van der Waals surface area contributed by atoms with Crippen LogP contribution in [0.5, 0.6) is 23.0 Å². The van der Waals surface area contributed by atoms with Crippen molar-refractivity contribution >= 4 is 11.8 Å². The van der Waals surface area contributed by atoms with Gasteiger partial charge < -0.3 is 30.3 Å². The van der Waals surface area contributed by atoms with Gasteiger partial charge in [0.25, 0.3) is 0 Å². The number of hydrogen-bond acceptors (Lipinski definition) is 6. The topological polar surface area (TPSA) is 117 Å². The van der Waals surface area contributed by atoms with E-state index in [-0.39, 0.29) is 23.3 Å². The first-order chi connectivity index (χ1) is 13.3. The van der Waals surface area contributed by atoms with Crippen LogP contribution in [0, 0.1) is 0 Å². The monoisotopic (exact) mass is 386 g/mol. The number of carbonyl (C=O) groups is 2. The van der Waals surface area contributed by atoms with Crippen LogP contribution in [0.25, 0.3) is 0 Å². The molecule has 4 N–H and O–H groups in total. The highest BCUT2D eigenvalue weighted by molar-refractivity contribution is 5.73. The van der Waals surface area contributed by atoms with Crippen LogP contribution in [-0.2, 0) is 16.0 Å². The van der Waals surface area contributed by atoms with Gasteiger partial charge in [-0.25, -0.2) is 0 Å². The molecule has 2 atom stereocenters. The Balaban J connectivity index is 1.85. The normalized spacial score (nSPS) is 17.6. The zero-order valence-corrected chi connectivity index (χ0v) is 15.6. The summed E-state index contributed by atoms with van der Waals surface area (Å²) in [6, 6.07) is 9.73. The summed E-state index contributed by atoms with van der Waals surface area (Å²) >= 11 is 0. The van der Waals surface area contributed by atoms with Gasteiger partial charge in [-0.1, -0.05) is 12.1 Å². The van der Waals surface area contributed by atoms with Crippen LogP contribution < -0.4 is 20.1 Å². The quantitative estimate of drug-likeness (QED) is 0.582. The molecule has 0 radical (unpaired) electrons. The highest BCUT2D eigenvalue weighted by atomic mass is 16.6. The molecule has 148 valence electrons. The largest absolute Gasteiger partial charge is 0.504 e. The van der Waals surface area contributed by atoms with E-state index in [9.17, 15) is 19.8 Å². The Bertz CT molecular complexity index is 898. The molecule has 0 fully saturated rings. The van der Waals surface area contributed by atoms with E-state index in [0.29, 0.717) is 30.0 Å². The van der Waals surface area contributed by atoms with Gasteiger partial charge in [-0.15, -0.1) is 0 Å². The molecule has 1 heterocycles. The van der Waals surface area contributed by atoms with Crippen molar-refractivity contribution in [3.63, 3.8) is 0 Å². The molecule has 0 saturated heterocycles. The van der Waals surface area contributed by atoms with Crippen molar-refractivity contribution in [2.24, 2.45) is 0 Å². The Morgan fingerprint density at radius 3 is 2.43 bits per heavy atom. The molecule has 2 aromatic carbocycles. The van der Waals surface area contributed by atoms with Crippen LogP contribution in [0.4, 0.5) is 0 Å². The molecule has 0 saturated carbocycles. The highest BCUT2D eigenvalue weighted by Gasteiger charge is 2.34. The SMILES string of the molecule is CC(=O)NCCc1ccc2c(c1)O[C@@H](NC(C)=O)[C@H](c1ccc(O)c(O)c1)O2. The number of phenolic OH excluding ortho intramolecular Hbond substituents is 2. The van der Waals surface area contributed by atoms with E-state index in [1.54, 1.807) is 18.2 Å². The summed E-state index contributed by atoms with van der Waals surface area (Å²) in [6.45, 7) is 3.33. The predicted molar refractivity (Wildman–Crippen MR) is 100 cm³/mol. The van der Waals surface area contributed by atoms with Gasteiger partial charge in [0.05, 0.1) is 0 Å². The molecule has 8 heteroatoms. The maximum atomic E-state index is 11.6. The first-order valence-corrected chi connectivity index (χ1v) is 8.83. The zero-order valence-electron chi connectivity index (χ0n) is 15.6. The molecular weight excluding hydrogens is 364 g/mol. The lowest BCUT2D eigenvalue weighted by atomic mass is 10.0. The number of amides is 2. The third-order valence-corrected chi connectivity index (χ3v) is 4.25. The maximum absolute atomic E-state index is 11.6. The summed E-state index contributed by atoms with van der Waals surface area (Å²) in [6.07, 6.45) is -0.913. The number of nitrogens with one attached hydrogen (secondary N) is 2. The molecule has 3 rings (SSSR count). The Hall–Kier alpha value is -3.42. The van der Waals surface area contributed by atoms with E-state index in [1.807, 2.05) is 6.07 Å². The van der Waals surface area contributed by atoms with E-state index in [2.05, 4.69) is 10.6 Å². The standard InChI is InChI=1S/C20H22N2O6/c1-11(23)21-8-7-13-3-6-17-18(9-13)28-20(22-12(2)24)19(27-17)14-4-5-15(25)16(26)10-14/h3-6,9-10,19-20,25-26H,7-8H2,1-2H3,(H,21,23)(H,22,24)/t19-,20+/m0/s1. The van der Waals surface area contributed by atoms with Gasteiger partial charge in [0.1, 0.15) is 0 Å². The summed E-state index contributed by atoms with van der Waals surface area (Å²) in [5.74, 6) is 0.0263. The van der Waals surface area contributed by atoms with Crippen molar-refractivity contribution < 1.29 is 29.3 Å². The zero-order chi connectivity index (χ0) is 20.3. The molecule has 0 bridgehead atoms. The van der Waals surface area contributed by atoms with Crippen LogP contribution in [0.15, 0.2) is 36.4 Å². The molecule has 28 heavy (non-hydrogen) atoms. The molecule has 1 aliphatic heterocycles. The number of carbonyl (C=O) groups excluding carboxylic acids is 2. The van der Waals surface area contributed by atoms with Gasteiger partial charge in [-0.05, 0) is 36.2 Å². The van der Waals surface area contributed by atoms with Crippen LogP contribution in [-0.4, -0.2) is 34.8 Å². The minimum absolute atomic E-state index is 0.0942. The fourth-order valence-corrected chi connectivity index (χ4v) is 2.94. The van der Waals surface area contributed by atoms with Crippen LogP contribution in [0.1, 0.15) is 31.1 Å². The van der Waals surface area contributed by atoms with E-state index in [0.717, 1.165) is 5.56 Å². The maximum Gasteiger partial charge on any atom is 0.219 e. The van der Waals surface area contributed by atoms with Gasteiger partial charge >= 0.3 is 0 Å². The fraction of sp³-hybridized carbons (Fsp3) is 0.300. The third-order valence-electron chi connectivity index (χ3n) is 4.25.